The SMILES string of the molecule is CCC1CN(CCSc2ccccc2)C(C(C)CC)CN1. The van der Waals surface area contributed by atoms with Gasteiger partial charge in [0, 0.05) is 42.4 Å². The highest BCUT2D eigenvalue weighted by Crippen LogP contribution is 2.22. The number of nitrogens with one attached hydrogen (secondary N) is 1. The molecule has 118 valence electrons. The molecule has 3 atom stereocenters. The fourth-order valence-electron chi connectivity index (χ4n) is 3.06. The number of thioether (sulfide) groups is 1. The van der Waals surface area contributed by atoms with Crippen molar-refractivity contribution in [2.45, 2.75) is 50.6 Å². The van der Waals surface area contributed by atoms with Crippen molar-refractivity contribution < 1.29 is 0 Å². The summed E-state index contributed by atoms with van der Waals surface area (Å²) in [5.74, 6) is 1.96. The smallest absolute Gasteiger partial charge is 0.0247 e. The predicted molar refractivity (Wildman–Crippen MR) is 94.1 cm³/mol. The lowest BCUT2D eigenvalue weighted by molar-refractivity contribution is 0.0972. The summed E-state index contributed by atoms with van der Waals surface area (Å²) in [7, 11) is 0. The first-order valence-electron chi connectivity index (χ1n) is 8.39. The minimum atomic E-state index is 0.673. The van der Waals surface area contributed by atoms with Gasteiger partial charge in [-0.25, -0.2) is 0 Å². The van der Waals surface area contributed by atoms with Gasteiger partial charge in [0.25, 0.3) is 0 Å². The Kier molecular flexibility index (Phi) is 7.08. The van der Waals surface area contributed by atoms with E-state index in [1.807, 2.05) is 11.8 Å². The summed E-state index contributed by atoms with van der Waals surface area (Å²) in [5.41, 5.74) is 0. The van der Waals surface area contributed by atoms with Crippen molar-refractivity contribution in [2.24, 2.45) is 5.92 Å². The maximum absolute atomic E-state index is 3.72. The third-order valence-corrected chi connectivity index (χ3v) is 5.72. The van der Waals surface area contributed by atoms with E-state index in [1.165, 1.54) is 36.6 Å². The van der Waals surface area contributed by atoms with Crippen LogP contribution in [-0.4, -0.2) is 42.4 Å². The van der Waals surface area contributed by atoms with Crippen molar-refractivity contribution in [3.05, 3.63) is 30.3 Å². The van der Waals surface area contributed by atoms with Crippen LogP contribution in [0.3, 0.4) is 0 Å². The molecule has 2 nitrogen and oxygen atoms in total. The lowest BCUT2D eigenvalue weighted by Gasteiger charge is -2.43. The molecule has 0 aromatic heterocycles. The van der Waals surface area contributed by atoms with Crippen molar-refractivity contribution in [1.29, 1.82) is 0 Å². The van der Waals surface area contributed by atoms with Gasteiger partial charge >= 0.3 is 0 Å². The van der Waals surface area contributed by atoms with Gasteiger partial charge in [-0.1, -0.05) is 45.4 Å². The fraction of sp³-hybridized carbons (Fsp3) is 0.667. The van der Waals surface area contributed by atoms with Crippen LogP contribution in [0.15, 0.2) is 35.2 Å². The van der Waals surface area contributed by atoms with Gasteiger partial charge in [-0.15, -0.1) is 11.8 Å². The Bertz CT molecular complexity index is 395. The van der Waals surface area contributed by atoms with E-state index in [2.05, 4.69) is 61.3 Å². The molecular formula is C18H30N2S. The predicted octanol–water partition coefficient (Wildman–Crippen LogP) is 3.88. The van der Waals surface area contributed by atoms with E-state index in [4.69, 9.17) is 0 Å². The van der Waals surface area contributed by atoms with Gasteiger partial charge in [-0.2, -0.15) is 0 Å². The van der Waals surface area contributed by atoms with E-state index >= 15 is 0 Å². The zero-order chi connectivity index (χ0) is 15.1. The zero-order valence-corrected chi connectivity index (χ0v) is 14.5. The second-order valence-electron chi connectivity index (χ2n) is 6.12. The summed E-state index contributed by atoms with van der Waals surface area (Å²) in [5, 5.41) is 3.72. The van der Waals surface area contributed by atoms with Crippen LogP contribution in [0.1, 0.15) is 33.6 Å². The highest BCUT2D eigenvalue weighted by atomic mass is 32.2. The normalized spacial score (nSPS) is 24.9. The second-order valence-corrected chi connectivity index (χ2v) is 7.29. The molecule has 0 radical (unpaired) electrons. The van der Waals surface area contributed by atoms with Gasteiger partial charge in [0.1, 0.15) is 0 Å². The first kappa shape index (κ1) is 16.9. The molecule has 1 N–H and O–H groups in total. The molecular weight excluding hydrogens is 276 g/mol. The molecule has 0 spiro atoms. The van der Waals surface area contributed by atoms with E-state index < -0.39 is 0 Å². The summed E-state index contributed by atoms with van der Waals surface area (Å²) in [4.78, 5) is 4.12. The second kappa shape index (κ2) is 8.82. The Balaban J connectivity index is 1.86. The lowest BCUT2D eigenvalue weighted by Crippen LogP contribution is -2.58. The van der Waals surface area contributed by atoms with Crippen LogP contribution in [0.2, 0.25) is 0 Å². The average molecular weight is 307 g/mol. The Hall–Kier alpha value is -0.510. The molecule has 3 unspecified atom stereocenters. The first-order chi connectivity index (χ1) is 10.2. The molecule has 1 heterocycles. The number of piperazine rings is 1. The van der Waals surface area contributed by atoms with Crippen LogP contribution in [0.4, 0.5) is 0 Å². The Morgan fingerprint density at radius 3 is 2.71 bits per heavy atom. The minimum absolute atomic E-state index is 0.673. The van der Waals surface area contributed by atoms with Gasteiger partial charge < -0.3 is 5.32 Å². The van der Waals surface area contributed by atoms with Crippen LogP contribution < -0.4 is 5.32 Å². The van der Waals surface area contributed by atoms with Crippen molar-refractivity contribution >= 4 is 11.8 Å². The molecule has 1 fully saturated rings. The molecule has 0 saturated carbocycles. The largest absolute Gasteiger partial charge is 0.311 e. The van der Waals surface area contributed by atoms with Crippen LogP contribution >= 0.6 is 11.8 Å². The molecule has 0 amide bonds. The number of benzene rings is 1. The van der Waals surface area contributed by atoms with E-state index in [0.717, 1.165) is 12.5 Å². The molecule has 1 aliphatic heterocycles. The number of hydrogen-bond donors (Lipinski definition) is 1. The Labute approximate surface area is 134 Å². The Morgan fingerprint density at radius 1 is 1.29 bits per heavy atom. The zero-order valence-electron chi connectivity index (χ0n) is 13.7. The standard InChI is InChI=1S/C18H30N2S/c1-4-15(3)18-13-19-16(5-2)14-20(18)11-12-21-17-9-7-6-8-10-17/h6-10,15-16,18-19H,4-5,11-14H2,1-3H3. The highest BCUT2D eigenvalue weighted by molar-refractivity contribution is 7.99. The lowest BCUT2D eigenvalue weighted by atomic mass is 9.94. The molecule has 0 bridgehead atoms. The molecule has 1 aromatic carbocycles. The van der Waals surface area contributed by atoms with Gasteiger partial charge in [-0.05, 0) is 24.5 Å². The Morgan fingerprint density at radius 2 is 2.05 bits per heavy atom. The third-order valence-electron chi connectivity index (χ3n) is 4.72. The monoisotopic (exact) mass is 306 g/mol. The van der Waals surface area contributed by atoms with Crippen molar-refractivity contribution in [2.75, 3.05) is 25.4 Å². The van der Waals surface area contributed by atoms with Gasteiger partial charge in [0.15, 0.2) is 0 Å². The summed E-state index contributed by atoms with van der Waals surface area (Å²) in [6, 6.07) is 12.1. The van der Waals surface area contributed by atoms with Crippen LogP contribution in [0.25, 0.3) is 0 Å². The van der Waals surface area contributed by atoms with Crippen LogP contribution in [0, 0.1) is 5.92 Å². The summed E-state index contributed by atoms with van der Waals surface area (Å²) in [6.07, 6.45) is 2.50. The quantitative estimate of drug-likeness (QED) is 0.770. The summed E-state index contributed by atoms with van der Waals surface area (Å²) >= 11 is 1.98. The summed E-state index contributed by atoms with van der Waals surface area (Å²) < 4.78 is 0. The number of nitrogens with zero attached hydrogens (tertiary/aromatic N) is 1. The fourth-order valence-corrected chi connectivity index (χ4v) is 3.97. The van der Waals surface area contributed by atoms with E-state index in [0.29, 0.717) is 12.1 Å². The third kappa shape index (κ3) is 5.01. The molecule has 0 aliphatic carbocycles. The van der Waals surface area contributed by atoms with Crippen molar-refractivity contribution in [1.82, 2.24) is 10.2 Å². The molecule has 1 aliphatic rings. The van der Waals surface area contributed by atoms with E-state index in [9.17, 15) is 0 Å². The minimum Gasteiger partial charge on any atom is -0.311 e. The van der Waals surface area contributed by atoms with Crippen LogP contribution in [0.5, 0.6) is 0 Å². The highest BCUT2D eigenvalue weighted by Gasteiger charge is 2.29. The first-order valence-corrected chi connectivity index (χ1v) is 9.38. The molecule has 1 aromatic rings. The van der Waals surface area contributed by atoms with Gasteiger partial charge in [-0.3, -0.25) is 4.90 Å². The van der Waals surface area contributed by atoms with Crippen molar-refractivity contribution in [3.8, 4) is 0 Å². The van der Waals surface area contributed by atoms with E-state index in [1.54, 1.807) is 0 Å². The molecule has 21 heavy (non-hydrogen) atoms. The maximum atomic E-state index is 3.72. The topological polar surface area (TPSA) is 15.3 Å². The van der Waals surface area contributed by atoms with Gasteiger partial charge in [0.05, 0.1) is 0 Å². The van der Waals surface area contributed by atoms with E-state index in [-0.39, 0.29) is 0 Å². The molecule has 2 rings (SSSR count). The molecule has 3 heteroatoms. The average Bonchev–Trinajstić information content (AvgIpc) is 2.55. The summed E-state index contributed by atoms with van der Waals surface area (Å²) in [6.45, 7) is 10.6. The number of rotatable bonds is 7. The van der Waals surface area contributed by atoms with Gasteiger partial charge in [0.2, 0.25) is 0 Å². The maximum Gasteiger partial charge on any atom is 0.0247 e. The number of hydrogen-bond acceptors (Lipinski definition) is 3. The van der Waals surface area contributed by atoms with Crippen LogP contribution in [-0.2, 0) is 0 Å². The molecule has 1 saturated heterocycles. The van der Waals surface area contributed by atoms with Crippen molar-refractivity contribution in [3.63, 3.8) is 0 Å².